The highest BCUT2D eigenvalue weighted by molar-refractivity contribution is 7.52. The lowest BCUT2D eigenvalue weighted by molar-refractivity contribution is 0.160. The summed E-state index contributed by atoms with van der Waals surface area (Å²) in [6, 6.07) is 21.6. The number of hydrogen-bond donors (Lipinski definition) is 0. The van der Waals surface area contributed by atoms with Crippen molar-refractivity contribution in [3.05, 3.63) is 118 Å². The summed E-state index contributed by atoms with van der Waals surface area (Å²) in [5.41, 5.74) is 4.10. The molecule has 0 radical (unpaired) electrons. The Balaban J connectivity index is 1.71. The van der Waals surface area contributed by atoms with Gasteiger partial charge in [0.15, 0.2) is 0 Å². The zero-order valence-corrected chi connectivity index (χ0v) is 44.1. The van der Waals surface area contributed by atoms with E-state index >= 15 is 0 Å². The molecule has 0 unspecified atom stereocenters. The minimum atomic E-state index is -3.95. The van der Waals surface area contributed by atoms with E-state index < -0.39 is 31.0 Å². The number of aromatic nitrogens is 4. The zero-order chi connectivity index (χ0) is 49.2. The Morgan fingerprint density at radius 2 is 0.441 bits per heavy atom. The lowest BCUT2D eigenvalue weighted by atomic mass is 10.2. The van der Waals surface area contributed by atoms with Crippen molar-refractivity contribution in [1.82, 2.24) is 38.6 Å². The lowest BCUT2D eigenvalue weighted by Gasteiger charge is -2.31. The van der Waals surface area contributed by atoms with Crippen LogP contribution in [0.5, 0.6) is 0 Å². The molecule has 1 aliphatic rings. The molecule has 0 aromatic carbocycles. The first kappa shape index (κ1) is 56.0. The molecule has 4 aromatic heterocycles. The first-order valence-electron chi connectivity index (χ1n) is 23.1. The smallest absolute Gasteiger partial charge is 0.297 e. The van der Waals surface area contributed by atoms with Crippen LogP contribution in [-0.2, 0) is 107 Å². The molecule has 68 heavy (non-hydrogen) atoms. The third-order valence-corrected chi connectivity index (χ3v) is 18.5. The quantitative estimate of drug-likeness (QED) is 0.0754. The van der Waals surface area contributed by atoms with Gasteiger partial charge in [0.2, 0.25) is 0 Å². The highest BCUT2D eigenvalue weighted by Crippen LogP contribution is 2.56. The van der Waals surface area contributed by atoms with Gasteiger partial charge in [-0.3, -0.25) is 56.1 Å². The molecule has 24 heteroatoms. The van der Waals surface area contributed by atoms with Crippen LogP contribution in [0.2, 0.25) is 0 Å². The summed E-state index contributed by atoms with van der Waals surface area (Å²) in [6.45, 7) is 14.8. The molecule has 0 saturated carbocycles. The number of fused-ring (bicyclic) bond motifs is 8. The number of hydrogen-bond acceptors (Lipinski definition) is 16. The Bertz CT molecular complexity index is 1950. The fourth-order valence-corrected chi connectivity index (χ4v) is 14.1. The third-order valence-electron chi connectivity index (χ3n) is 9.94. The third kappa shape index (κ3) is 15.5. The second-order valence-electron chi connectivity index (χ2n) is 15.0. The van der Waals surface area contributed by atoms with E-state index in [0.717, 1.165) is 0 Å². The van der Waals surface area contributed by atoms with Gasteiger partial charge in [-0.05, 0) is 104 Å². The van der Waals surface area contributed by atoms with Crippen LogP contribution in [0.3, 0.4) is 0 Å². The molecular formula is C44H68N8O12P4. The van der Waals surface area contributed by atoms with Crippen LogP contribution < -0.4 is 0 Å². The van der Waals surface area contributed by atoms with Gasteiger partial charge >= 0.3 is 31.0 Å². The van der Waals surface area contributed by atoms with E-state index in [4.69, 9.17) is 56.1 Å². The minimum absolute atomic E-state index is 0.0110. The molecule has 8 bridgehead atoms. The Labute approximate surface area is 401 Å². The van der Waals surface area contributed by atoms with Crippen molar-refractivity contribution in [3.8, 4) is 0 Å². The average Bonchev–Trinajstić information content (AvgIpc) is 3.29. The molecule has 0 amide bonds. The highest BCUT2D eigenvalue weighted by atomic mass is 31.2. The van der Waals surface area contributed by atoms with Gasteiger partial charge in [-0.15, -0.1) is 0 Å². The van der Waals surface area contributed by atoms with Gasteiger partial charge in [-0.1, -0.05) is 24.3 Å². The van der Waals surface area contributed by atoms with Crippen molar-refractivity contribution in [2.45, 2.75) is 108 Å². The van der Waals surface area contributed by atoms with E-state index in [1.165, 1.54) is 0 Å². The van der Waals surface area contributed by atoms with E-state index in [0.29, 0.717) is 45.6 Å². The Morgan fingerprint density at radius 1 is 0.309 bits per heavy atom. The summed E-state index contributed by atoms with van der Waals surface area (Å²) in [4.78, 5) is 19.9. The summed E-state index contributed by atoms with van der Waals surface area (Å²) < 4.78 is 112. The van der Waals surface area contributed by atoms with Crippen LogP contribution in [0.15, 0.2) is 72.8 Å². The number of rotatable bonds is 20. The second kappa shape index (κ2) is 27.0. The monoisotopic (exact) mass is 1020 g/mol. The van der Waals surface area contributed by atoms with E-state index in [1.54, 1.807) is 123 Å². The maximum atomic E-state index is 14.7. The van der Waals surface area contributed by atoms with Crippen molar-refractivity contribution in [2.24, 2.45) is 0 Å². The fourth-order valence-electron chi connectivity index (χ4n) is 7.34. The lowest BCUT2D eigenvalue weighted by Crippen LogP contribution is -2.27. The molecule has 5 heterocycles. The van der Waals surface area contributed by atoms with Crippen LogP contribution in [0, 0.1) is 0 Å². The average molecular weight is 1020 g/mol. The highest BCUT2D eigenvalue weighted by Gasteiger charge is 2.39. The van der Waals surface area contributed by atoms with Gasteiger partial charge in [-0.2, -0.15) is 18.7 Å². The van der Waals surface area contributed by atoms with Crippen LogP contribution in [0.25, 0.3) is 0 Å². The maximum Gasteiger partial charge on any atom is 0.408 e. The first-order chi connectivity index (χ1) is 32.7. The van der Waals surface area contributed by atoms with E-state index in [2.05, 4.69) is 0 Å². The molecule has 5 rings (SSSR count). The summed E-state index contributed by atoms with van der Waals surface area (Å²) in [5, 5.41) is 0. The molecule has 0 N–H and O–H groups in total. The van der Waals surface area contributed by atoms with Crippen LogP contribution in [0.4, 0.5) is 0 Å². The van der Waals surface area contributed by atoms with Crippen LogP contribution in [0.1, 0.15) is 101 Å². The molecule has 1 aliphatic heterocycles. The van der Waals surface area contributed by atoms with E-state index in [9.17, 15) is 18.3 Å². The molecule has 0 saturated heterocycles. The van der Waals surface area contributed by atoms with Crippen molar-refractivity contribution < 1.29 is 54.5 Å². The zero-order valence-electron chi connectivity index (χ0n) is 40.5. The fraction of sp³-hybridized carbons (Fsp3) is 0.545. The molecule has 0 aliphatic carbocycles. The summed E-state index contributed by atoms with van der Waals surface area (Å²) in [6.07, 6.45) is 0. The predicted molar refractivity (Wildman–Crippen MR) is 257 cm³/mol. The van der Waals surface area contributed by atoms with Gasteiger partial charge in [-0.25, -0.2) is 18.3 Å². The molecule has 0 spiro atoms. The number of nitrogens with zero attached hydrogens (tertiary/aromatic N) is 8. The predicted octanol–water partition coefficient (Wildman–Crippen LogP) is 10.3. The van der Waals surface area contributed by atoms with Crippen molar-refractivity contribution >= 4 is 31.0 Å². The Hall–Kier alpha value is -2.96. The molecule has 376 valence electrons. The SMILES string of the molecule is CCOP(=O)(OCC)N1Cc2cccc(n2)CN(P(=O)(OCC)OCC)Cc2cccc(n2)CN(P(=O)(OCC)OCC)Cc2cccc(n2)CN(P(=O)(OCC)OCC)Cc2cccc(n2)C1. The van der Waals surface area contributed by atoms with Gasteiger partial charge < -0.3 is 0 Å². The molecule has 4 aromatic rings. The molecule has 0 fully saturated rings. The van der Waals surface area contributed by atoms with Crippen molar-refractivity contribution in [1.29, 1.82) is 0 Å². The standard InChI is InChI=1S/C44H68N8O12P4/c1-9-57-65(53,58-10-2)49-29-37-21-17-23-39(45-37)31-50(66(54,59-11-3)60-12-4)33-41-25-19-27-43(47-41)35-52(68(56,63-15-7)64-16-8)36-44-28-20-26-42(48-44)34-51(67(55,61-13-5)62-14-6)32-40-24-18-22-38(30-49)46-40/h17-28H,9-16,29-36H2,1-8H3. The second-order valence-corrected chi connectivity index (χ2v) is 23.1. The van der Waals surface area contributed by atoms with Crippen LogP contribution >= 0.6 is 31.0 Å². The normalized spacial score (nSPS) is 16.1. The summed E-state index contributed by atoms with van der Waals surface area (Å²) in [7, 11) is -15.8. The summed E-state index contributed by atoms with van der Waals surface area (Å²) in [5.74, 6) is 0. The van der Waals surface area contributed by atoms with Gasteiger partial charge in [0.1, 0.15) is 0 Å². The van der Waals surface area contributed by atoms with E-state index in [-0.39, 0.29) is 105 Å². The van der Waals surface area contributed by atoms with Gasteiger partial charge in [0, 0.05) is 0 Å². The Morgan fingerprint density at radius 3 is 0.559 bits per heavy atom. The largest absolute Gasteiger partial charge is 0.408 e. The minimum Gasteiger partial charge on any atom is -0.297 e. The van der Waals surface area contributed by atoms with Crippen molar-refractivity contribution in [2.75, 3.05) is 52.9 Å². The molecular weight excluding hydrogens is 956 g/mol. The summed E-state index contributed by atoms with van der Waals surface area (Å²) >= 11 is 0. The van der Waals surface area contributed by atoms with Crippen molar-refractivity contribution in [3.63, 3.8) is 0 Å². The van der Waals surface area contributed by atoms with Crippen LogP contribution in [-0.4, -0.2) is 91.5 Å². The molecule has 0 atom stereocenters. The number of pyridine rings is 4. The Kier molecular flexibility index (Phi) is 22.2. The molecule has 20 nitrogen and oxygen atoms in total. The maximum absolute atomic E-state index is 14.7. The van der Waals surface area contributed by atoms with E-state index in [1.807, 2.05) is 24.3 Å². The van der Waals surface area contributed by atoms with Gasteiger partial charge in [0.05, 0.1) is 151 Å². The topological polar surface area (TPSA) is 207 Å². The first-order valence-corrected chi connectivity index (χ1v) is 29.1. The van der Waals surface area contributed by atoms with Gasteiger partial charge in [0.25, 0.3) is 0 Å².